The van der Waals surface area contributed by atoms with Gasteiger partial charge in [-0.25, -0.2) is 9.29 Å². The summed E-state index contributed by atoms with van der Waals surface area (Å²) >= 11 is 6.28. The number of allylic oxidation sites excluding steroid dienone is 2. The molecule has 4 aromatic carbocycles. The molecule has 6 atom stereocenters. The molecule has 0 spiro atoms. The normalized spacial score (nSPS) is 26.0. The van der Waals surface area contributed by atoms with Gasteiger partial charge >= 0.3 is 12.4 Å². The van der Waals surface area contributed by atoms with Crippen LogP contribution in [0.15, 0.2) is 96.6 Å². The number of alkyl halides is 6. The lowest BCUT2D eigenvalue weighted by Crippen LogP contribution is -2.53. The summed E-state index contributed by atoms with van der Waals surface area (Å²) in [6, 6.07) is 16.3. The number of rotatable bonds is 5. The number of phenols is 1. The van der Waals surface area contributed by atoms with Crippen LogP contribution >= 0.6 is 11.6 Å². The van der Waals surface area contributed by atoms with E-state index < -0.39 is 93.6 Å². The third-order valence-corrected chi connectivity index (χ3v) is 11.9. The number of aryl methyl sites for hydroxylation is 1. The number of halogens is 8. The number of nitrogens with zero attached hydrogens (tertiary/aromatic N) is 2. The molecule has 8 nitrogen and oxygen atoms in total. The number of anilines is 2. The number of aromatic hydroxyl groups is 1. The van der Waals surface area contributed by atoms with Gasteiger partial charge in [-0.1, -0.05) is 53.6 Å². The molecule has 3 fully saturated rings. The average Bonchev–Trinajstić information content (AvgIpc) is 3.54. The molecule has 2 aliphatic carbocycles. The predicted octanol–water partition coefficient (Wildman–Crippen LogP) is 8.72. The molecule has 0 bridgehead atoms. The van der Waals surface area contributed by atoms with Crippen LogP contribution in [-0.2, 0) is 36.9 Å². The molecular weight excluding hydrogens is 783 g/mol. The van der Waals surface area contributed by atoms with Crippen LogP contribution in [0.1, 0.15) is 46.6 Å². The minimum absolute atomic E-state index is 0.105. The summed E-state index contributed by atoms with van der Waals surface area (Å²) in [5, 5.41) is 12.8. The van der Waals surface area contributed by atoms with Gasteiger partial charge in [0.1, 0.15) is 11.6 Å². The number of fused-ring (bicyclic) bond motifs is 4. The lowest BCUT2D eigenvalue weighted by Gasteiger charge is -2.50. The van der Waals surface area contributed by atoms with E-state index in [1.165, 1.54) is 24.3 Å². The van der Waals surface area contributed by atoms with Crippen molar-refractivity contribution in [3.8, 4) is 5.75 Å². The van der Waals surface area contributed by atoms with Gasteiger partial charge in [0.25, 0.3) is 11.8 Å². The summed E-state index contributed by atoms with van der Waals surface area (Å²) in [4.78, 5) is 58.8. The molecule has 4 aromatic rings. The number of para-hydroxylation sites is 1. The quantitative estimate of drug-likeness (QED) is 0.119. The summed E-state index contributed by atoms with van der Waals surface area (Å²) in [5.74, 6) is -10.7. The van der Waals surface area contributed by atoms with Crippen LogP contribution in [0.25, 0.3) is 0 Å². The Morgan fingerprint density at radius 2 is 1.44 bits per heavy atom. The van der Waals surface area contributed by atoms with Crippen molar-refractivity contribution in [2.24, 2.45) is 23.7 Å². The topological polar surface area (TPSA) is 107 Å². The molecule has 6 unspecified atom stereocenters. The van der Waals surface area contributed by atoms with Crippen LogP contribution in [0, 0.1) is 36.4 Å². The molecule has 0 aromatic heterocycles. The van der Waals surface area contributed by atoms with Crippen molar-refractivity contribution in [1.82, 2.24) is 5.01 Å². The second-order valence-corrected chi connectivity index (χ2v) is 15.1. The third kappa shape index (κ3) is 5.88. The van der Waals surface area contributed by atoms with Gasteiger partial charge in [-0.15, -0.1) is 0 Å². The first kappa shape index (κ1) is 38.2. The Labute approximate surface area is 324 Å². The van der Waals surface area contributed by atoms with Crippen molar-refractivity contribution >= 4 is 46.6 Å². The first-order valence-electron chi connectivity index (χ1n) is 17.7. The Hall–Kier alpha value is -5.70. The summed E-state index contributed by atoms with van der Waals surface area (Å²) in [5.41, 5.74) is -1.97. The molecule has 294 valence electrons. The Bertz CT molecular complexity index is 2370. The van der Waals surface area contributed by atoms with Crippen molar-refractivity contribution < 1.29 is 55.0 Å². The van der Waals surface area contributed by atoms with E-state index in [1.54, 1.807) is 43.3 Å². The number of nitrogens with one attached hydrogen (secondary N) is 1. The molecule has 16 heteroatoms. The van der Waals surface area contributed by atoms with Gasteiger partial charge in [0.15, 0.2) is 0 Å². The molecule has 2 N–H and O–H groups in total. The van der Waals surface area contributed by atoms with E-state index in [1.807, 2.05) is 0 Å². The molecule has 1 saturated carbocycles. The maximum absolute atomic E-state index is 15.2. The number of carbonyl (C=O) groups excluding carboxylic acids is 4. The molecule has 4 aliphatic rings. The number of imide groups is 2. The molecule has 2 saturated heterocycles. The number of amides is 4. The van der Waals surface area contributed by atoms with Crippen LogP contribution in [0.3, 0.4) is 0 Å². The molecule has 4 amide bonds. The maximum atomic E-state index is 15.2. The average molecular weight is 812 g/mol. The van der Waals surface area contributed by atoms with Gasteiger partial charge in [-0.2, -0.15) is 31.4 Å². The van der Waals surface area contributed by atoms with Gasteiger partial charge in [-0.05, 0) is 91.4 Å². The highest BCUT2D eigenvalue weighted by molar-refractivity contribution is 6.30. The standard InChI is InChI=1S/C41H29ClF7N3O5/c1-19-3-2-4-29(34(19)53)33-27-13-14-28-32(37(56)51(35(28)54)26-16-21(40(44,45)46)15-22(17-26)41(47,48)49)30(27)18-31-36(55)52(50-25-11-9-24(43)10-12-25)38(57)39(31,33)20-5-7-23(42)8-6-20/h2-13,15-17,28,30-33,50,53H,14,18H2,1H3. The lowest BCUT2D eigenvalue weighted by atomic mass is 9.49. The first-order valence-corrected chi connectivity index (χ1v) is 18.0. The Kier molecular flexibility index (Phi) is 8.83. The summed E-state index contributed by atoms with van der Waals surface area (Å²) < 4.78 is 97.3. The zero-order chi connectivity index (χ0) is 40.9. The summed E-state index contributed by atoms with van der Waals surface area (Å²) in [7, 11) is 0. The molecular formula is C41H29ClF7N3O5. The highest BCUT2D eigenvalue weighted by atomic mass is 35.5. The highest BCUT2D eigenvalue weighted by Crippen LogP contribution is 2.65. The van der Waals surface area contributed by atoms with Crippen molar-refractivity contribution in [3.05, 3.63) is 135 Å². The number of hydrogen-bond acceptors (Lipinski definition) is 6. The van der Waals surface area contributed by atoms with Crippen LogP contribution in [0.5, 0.6) is 5.75 Å². The van der Waals surface area contributed by atoms with Gasteiger partial charge < -0.3 is 5.11 Å². The number of hydrazine groups is 1. The van der Waals surface area contributed by atoms with E-state index in [0.29, 0.717) is 38.8 Å². The zero-order valence-corrected chi connectivity index (χ0v) is 30.2. The summed E-state index contributed by atoms with van der Waals surface area (Å²) in [6.07, 6.45) is -9.38. The van der Waals surface area contributed by atoms with Crippen LogP contribution < -0.4 is 10.3 Å². The summed E-state index contributed by atoms with van der Waals surface area (Å²) in [6.45, 7) is 1.61. The molecule has 8 rings (SSSR count). The van der Waals surface area contributed by atoms with E-state index >= 15 is 4.79 Å². The minimum Gasteiger partial charge on any atom is -0.507 e. The fourth-order valence-electron chi connectivity index (χ4n) is 9.24. The monoisotopic (exact) mass is 811 g/mol. The number of phenolic OH excluding ortho intramolecular Hbond substituents is 1. The number of benzene rings is 4. The Morgan fingerprint density at radius 3 is 2.05 bits per heavy atom. The fourth-order valence-corrected chi connectivity index (χ4v) is 9.36. The largest absolute Gasteiger partial charge is 0.507 e. The fraction of sp³-hybridized carbons (Fsp3) is 0.268. The lowest BCUT2D eigenvalue weighted by molar-refractivity contribution is -0.143. The molecule has 2 aliphatic heterocycles. The SMILES string of the molecule is Cc1cccc(C2C3=CCC4C(=O)N(c5cc(C(F)(F)F)cc(C(F)(F)F)c5)C(=O)C4C3CC3C(=O)N(Nc4ccc(F)cc4)C(=O)C32c2ccc(Cl)cc2)c1O. The first-order chi connectivity index (χ1) is 26.8. The van der Waals surface area contributed by atoms with E-state index in [-0.39, 0.29) is 35.9 Å². The zero-order valence-electron chi connectivity index (χ0n) is 29.5. The highest BCUT2D eigenvalue weighted by Gasteiger charge is 2.70. The van der Waals surface area contributed by atoms with Crippen LogP contribution in [0.2, 0.25) is 5.02 Å². The van der Waals surface area contributed by atoms with Gasteiger partial charge in [-0.3, -0.25) is 24.6 Å². The minimum atomic E-state index is -5.26. The Morgan fingerprint density at radius 1 is 0.807 bits per heavy atom. The number of hydrogen-bond donors (Lipinski definition) is 2. The number of carbonyl (C=O) groups is 4. The van der Waals surface area contributed by atoms with Crippen molar-refractivity contribution in [3.63, 3.8) is 0 Å². The van der Waals surface area contributed by atoms with Crippen molar-refractivity contribution in [1.29, 1.82) is 0 Å². The van der Waals surface area contributed by atoms with Crippen molar-refractivity contribution in [2.45, 2.75) is 43.5 Å². The Balaban J connectivity index is 1.31. The van der Waals surface area contributed by atoms with E-state index in [0.717, 1.165) is 17.1 Å². The molecule has 0 radical (unpaired) electrons. The van der Waals surface area contributed by atoms with Crippen molar-refractivity contribution in [2.75, 3.05) is 10.3 Å². The van der Waals surface area contributed by atoms with Crippen LogP contribution in [-0.4, -0.2) is 33.7 Å². The van der Waals surface area contributed by atoms with E-state index in [4.69, 9.17) is 11.6 Å². The van der Waals surface area contributed by atoms with E-state index in [2.05, 4.69) is 5.43 Å². The van der Waals surface area contributed by atoms with Gasteiger partial charge in [0.05, 0.1) is 45.7 Å². The smallest absolute Gasteiger partial charge is 0.416 e. The van der Waals surface area contributed by atoms with E-state index in [9.17, 15) is 50.2 Å². The van der Waals surface area contributed by atoms with Crippen LogP contribution in [0.4, 0.5) is 42.1 Å². The van der Waals surface area contributed by atoms with Gasteiger partial charge in [0.2, 0.25) is 11.8 Å². The second kappa shape index (κ2) is 13.2. The second-order valence-electron chi connectivity index (χ2n) is 14.7. The predicted molar refractivity (Wildman–Crippen MR) is 191 cm³/mol. The third-order valence-electron chi connectivity index (χ3n) is 11.7. The molecule has 2 heterocycles. The maximum Gasteiger partial charge on any atom is 0.416 e. The van der Waals surface area contributed by atoms with Gasteiger partial charge in [0, 0.05) is 16.5 Å². The molecule has 57 heavy (non-hydrogen) atoms.